The fourth-order valence-corrected chi connectivity index (χ4v) is 2.73. The van der Waals surface area contributed by atoms with Crippen molar-refractivity contribution in [3.05, 3.63) is 60.2 Å². The van der Waals surface area contributed by atoms with Gasteiger partial charge in [-0.25, -0.2) is 0 Å². The third-order valence-corrected chi connectivity index (χ3v) is 4.21. The zero-order valence-electron chi connectivity index (χ0n) is 14.2. The zero-order valence-corrected chi connectivity index (χ0v) is 14.2. The quantitative estimate of drug-likeness (QED) is 0.728. The molecular weight excluding hydrogens is 318 g/mol. The summed E-state index contributed by atoms with van der Waals surface area (Å²) in [5.41, 5.74) is 0.651. The van der Waals surface area contributed by atoms with Crippen LogP contribution in [0.4, 0.5) is 0 Å². The summed E-state index contributed by atoms with van der Waals surface area (Å²) in [6, 6.07) is 16.5. The second kappa shape index (κ2) is 7.83. The van der Waals surface area contributed by atoms with Crippen molar-refractivity contribution in [2.45, 2.75) is 18.9 Å². The summed E-state index contributed by atoms with van der Waals surface area (Å²) in [6.45, 7) is 1.10. The van der Waals surface area contributed by atoms with Crippen LogP contribution in [0.1, 0.15) is 23.2 Å². The molecule has 3 rings (SSSR count). The number of methoxy groups -OCH3 is 1. The number of carbonyl (C=O) groups is 2. The van der Waals surface area contributed by atoms with Crippen molar-refractivity contribution in [1.82, 2.24) is 4.90 Å². The Balaban J connectivity index is 1.41. The Labute approximate surface area is 147 Å². The van der Waals surface area contributed by atoms with Crippen LogP contribution in [0.3, 0.4) is 0 Å². The Morgan fingerprint density at radius 3 is 2.44 bits per heavy atom. The number of Topliss-reactive ketones (excluding diaryl/α,β-unsaturated/α-hetero) is 1. The minimum atomic E-state index is -0.0131. The minimum Gasteiger partial charge on any atom is -0.497 e. The number of ether oxygens (including phenoxy) is 2. The number of nitrogens with zero attached hydrogens (tertiary/aromatic N) is 1. The number of rotatable bonds is 7. The fourth-order valence-electron chi connectivity index (χ4n) is 2.73. The highest BCUT2D eigenvalue weighted by Crippen LogP contribution is 2.23. The van der Waals surface area contributed by atoms with Crippen LogP contribution in [-0.2, 0) is 4.79 Å². The minimum absolute atomic E-state index is 0.00125. The van der Waals surface area contributed by atoms with Gasteiger partial charge in [0, 0.05) is 24.5 Å². The van der Waals surface area contributed by atoms with E-state index in [0.717, 1.165) is 11.5 Å². The summed E-state index contributed by atoms with van der Waals surface area (Å²) >= 11 is 0. The van der Waals surface area contributed by atoms with E-state index < -0.39 is 0 Å². The molecule has 25 heavy (non-hydrogen) atoms. The Morgan fingerprint density at radius 2 is 1.72 bits per heavy atom. The summed E-state index contributed by atoms with van der Waals surface area (Å²) in [4.78, 5) is 25.9. The Bertz CT molecular complexity index is 738. The maximum atomic E-state index is 12.2. The molecule has 2 aromatic rings. The fraction of sp³-hybridized carbons (Fsp3) is 0.300. The van der Waals surface area contributed by atoms with Gasteiger partial charge in [-0.3, -0.25) is 9.59 Å². The number of amides is 1. The van der Waals surface area contributed by atoms with Crippen LogP contribution in [0.2, 0.25) is 0 Å². The Kier molecular flexibility index (Phi) is 5.33. The monoisotopic (exact) mass is 339 g/mol. The maximum absolute atomic E-state index is 12.2. The van der Waals surface area contributed by atoms with E-state index in [1.165, 1.54) is 0 Å². The third-order valence-electron chi connectivity index (χ3n) is 4.21. The van der Waals surface area contributed by atoms with Gasteiger partial charge in [-0.2, -0.15) is 0 Å². The van der Waals surface area contributed by atoms with Gasteiger partial charge in [0.15, 0.2) is 5.78 Å². The van der Waals surface area contributed by atoms with E-state index in [4.69, 9.17) is 9.47 Å². The van der Waals surface area contributed by atoms with E-state index in [1.54, 1.807) is 24.1 Å². The lowest BCUT2D eigenvalue weighted by Gasteiger charge is -2.39. The molecule has 1 heterocycles. The maximum Gasteiger partial charge on any atom is 0.223 e. The van der Waals surface area contributed by atoms with Crippen LogP contribution >= 0.6 is 0 Å². The topological polar surface area (TPSA) is 55.8 Å². The first kappa shape index (κ1) is 17.0. The molecule has 2 aromatic carbocycles. The number of benzene rings is 2. The van der Waals surface area contributed by atoms with Gasteiger partial charge in [-0.15, -0.1) is 0 Å². The molecule has 5 heteroatoms. The Hall–Kier alpha value is -2.82. The highest BCUT2D eigenvalue weighted by molar-refractivity contribution is 5.97. The predicted octanol–water partition coefficient (Wildman–Crippen LogP) is 2.95. The summed E-state index contributed by atoms with van der Waals surface area (Å²) in [7, 11) is 1.61. The summed E-state index contributed by atoms with van der Waals surface area (Å²) in [6.07, 6.45) is 0.460. The molecule has 0 radical (unpaired) electrons. The lowest BCUT2D eigenvalue weighted by Crippen LogP contribution is -2.56. The molecule has 0 bridgehead atoms. The van der Waals surface area contributed by atoms with Crippen molar-refractivity contribution < 1.29 is 19.1 Å². The highest BCUT2D eigenvalue weighted by Gasteiger charge is 2.32. The van der Waals surface area contributed by atoms with Crippen LogP contribution in [-0.4, -0.2) is 42.9 Å². The van der Waals surface area contributed by atoms with Crippen molar-refractivity contribution >= 4 is 11.7 Å². The zero-order chi connectivity index (χ0) is 17.6. The highest BCUT2D eigenvalue weighted by atomic mass is 16.5. The van der Waals surface area contributed by atoms with Crippen molar-refractivity contribution in [2.75, 3.05) is 20.2 Å². The average molecular weight is 339 g/mol. The molecule has 1 saturated heterocycles. The molecule has 0 aliphatic carbocycles. The van der Waals surface area contributed by atoms with Crippen LogP contribution in [0.15, 0.2) is 54.6 Å². The SMILES string of the molecule is COc1cccc(OC2CN(C(=O)CCC(=O)c3ccccc3)C2)c1. The van der Waals surface area contributed by atoms with E-state index in [2.05, 4.69) is 0 Å². The first-order valence-electron chi connectivity index (χ1n) is 8.32. The van der Waals surface area contributed by atoms with E-state index in [-0.39, 0.29) is 30.6 Å². The van der Waals surface area contributed by atoms with E-state index in [1.807, 2.05) is 42.5 Å². The van der Waals surface area contributed by atoms with Gasteiger partial charge in [0.1, 0.15) is 17.6 Å². The Morgan fingerprint density at radius 1 is 1.00 bits per heavy atom. The first-order valence-corrected chi connectivity index (χ1v) is 8.32. The largest absolute Gasteiger partial charge is 0.497 e. The molecule has 0 atom stereocenters. The number of carbonyl (C=O) groups excluding carboxylic acids is 2. The van der Waals surface area contributed by atoms with Crippen molar-refractivity contribution in [2.24, 2.45) is 0 Å². The lowest BCUT2D eigenvalue weighted by molar-refractivity contribution is -0.139. The molecular formula is C20H21NO4. The van der Waals surface area contributed by atoms with Gasteiger partial charge in [-0.1, -0.05) is 36.4 Å². The number of hydrogen-bond donors (Lipinski definition) is 0. The van der Waals surface area contributed by atoms with Gasteiger partial charge < -0.3 is 14.4 Å². The van der Waals surface area contributed by atoms with Gasteiger partial charge in [0.2, 0.25) is 5.91 Å². The van der Waals surface area contributed by atoms with Crippen molar-refractivity contribution in [1.29, 1.82) is 0 Å². The van der Waals surface area contributed by atoms with Crippen molar-refractivity contribution in [3.63, 3.8) is 0 Å². The summed E-state index contributed by atoms with van der Waals surface area (Å²) in [5, 5.41) is 0. The number of ketones is 1. The summed E-state index contributed by atoms with van der Waals surface area (Å²) < 4.78 is 11.0. The molecule has 130 valence electrons. The molecule has 1 amide bonds. The molecule has 5 nitrogen and oxygen atoms in total. The second-order valence-corrected chi connectivity index (χ2v) is 6.01. The molecule has 0 N–H and O–H groups in total. The number of hydrogen-bond acceptors (Lipinski definition) is 4. The summed E-state index contributed by atoms with van der Waals surface area (Å²) in [5.74, 6) is 1.47. The predicted molar refractivity (Wildman–Crippen MR) is 94.0 cm³/mol. The smallest absolute Gasteiger partial charge is 0.223 e. The van der Waals surface area contributed by atoms with Gasteiger partial charge in [0.25, 0.3) is 0 Å². The normalized spacial score (nSPS) is 13.9. The van der Waals surface area contributed by atoms with E-state index in [0.29, 0.717) is 18.7 Å². The average Bonchev–Trinajstić information content (AvgIpc) is 2.63. The van der Waals surface area contributed by atoms with Crippen LogP contribution < -0.4 is 9.47 Å². The standard InChI is InChI=1S/C20H21NO4/c1-24-16-8-5-9-17(12-16)25-18-13-21(14-18)20(23)11-10-19(22)15-6-3-2-4-7-15/h2-9,12,18H,10-11,13-14H2,1H3. The molecule has 1 aliphatic rings. The van der Waals surface area contributed by atoms with Gasteiger partial charge in [-0.05, 0) is 12.1 Å². The lowest BCUT2D eigenvalue weighted by atomic mass is 10.0. The number of likely N-dealkylation sites (tertiary alicyclic amines) is 1. The van der Waals surface area contributed by atoms with E-state index in [9.17, 15) is 9.59 Å². The second-order valence-electron chi connectivity index (χ2n) is 6.01. The van der Waals surface area contributed by atoms with Gasteiger partial charge >= 0.3 is 0 Å². The van der Waals surface area contributed by atoms with Crippen LogP contribution in [0, 0.1) is 0 Å². The van der Waals surface area contributed by atoms with E-state index >= 15 is 0 Å². The van der Waals surface area contributed by atoms with Crippen LogP contribution in [0.5, 0.6) is 11.5 Å². The molecule has 1 aliphatic heterocycles. The molecule has 0 unspecified atom stereocenters. The molecule has 0 saturated carbocycles. The third kappa shape index (κ3) is 4.38. The molecule has 0 spiro atoms. The van der Waals surface area contributed by atoms with Crippen molar-refractivity contribution in [3.8, 4) is 11.5 Å². The molecule has 0 aromatic heterocycles. The van der Waals surface area contributed by atoms with Gasteiger partial charge in [0.05, 0.1) is 20.2 Å². The van der Waals surface area contributed by atoms with Crippen LogP contribution in [0.25, 0.3) is 0 Å². The first-order chi connectivity index (χ1) is 12.2. The molecule has 1 fully saturated rings.